The van der Waals surface area contributed by atoms with Gasteiger partial charge in [0.25, 0.3) is 0 Å². The zero-order valence-corrected chi connectivity index (χ0v) is 13.5. The summed E-state index contributed by atoms with van der Waals surface area (Å²) in [6.45, 7) is 4.97. The van der Waals surface area contributed by atoms with Gasteiger partial charge >= 0.3 is 12.0 Å². The lowest BCUT2D eigenvalue weighted by Crippen LogP contribution is -2.38. The molecule has 2 aliphatic heterocycles. The number of H-pyrrole nitrogens is 1. The number of urea groups is 1. The van der Waals surface area contributed by atoms with E-state index < -0.39 is 0 Å². The Labute approximate surface area is 139 Å². The average molecular weight is 325 g/mol. The summed E-state index contributed by atoms with van der Waals surface area (Å²) in [5, 5.41) is 1.21. The number of carbonyl (C=O) groups excluding carboxylic acids is 2. The van der Waals surface area contributed by atoms with Gasteiger partial charge in [-0.3, -0.25) is 9.69 Å². The van der Waals surface area contributed by atoms with Crippen molar-refractivity contribution >= 4 is 22.9 Å². The van der Waals surface area contributed by atoms with Crippen molar-refractivity contribution in [3.05, 3.63) is 47.8 Å². The minimum absolute atomic E-state index is 0.0400. The number of aromatic amines is 1. The van der Waals surface area contributed by atoms with E-state index in [1.807, 2.05) is 17.0 Å². The van der Waals surface area contributed by atoms with E-state index in [4.69, 9.17) is 0 Å². The van der Waals surface area contributed by atoms with E-state index >= 15 is 0 Å². The average Bonchev–Trinajstić information content (AvgIpc) is 3.07. The number of nitrogens with zero attached hydrogens (tertiary/aromatic N) is 2. The Bertz CT molecular complexity index is 854. The van der Waals surface area contributed by atoms with Crippen molar-refractivity contribution in [2.45, 2.75) is 25.4 Å². The monoisotopic (exact) mass is 325 g/mol. The van der Waals surface area contributed by atoms with E-state index in [1.54, 1.807) is 4.90 Å². The molecule has 1 aromatic carbocycles. The predicted octanol–water partition coefficient (Wildman–Crippen LogP) is 2.41. The molecule has 0 spiro atoms. The van der Waals surface area contributed by atoms with Crippen LogP contribution in [0.3, 0.4) is 0 Å². The summed E-state index contributed by atoms with van der Waals surface area (Å²) in [5.41, 5.74) is 4.21. The number of hydrogen-bond donors (Lipinski definition) is 1. The van der Waals surface area contributed by atoms with Gasteiger partial charge in [-0.15, -0.1) is 0 Å². The van der Waals surface area contributed by atoms with Crippen molar-refractivity contribution in [1.82, 2.24) is 14.8 Å². The van der Waals surface area contributed by atoms with Crippen LogP contribution in [0.1, 0.15) is 17.7 Å². The summed E-state index contributed by atoms with van der Waals surface area (Å²) in [4.78, 5) is 30.9. The minimum Gasteiger partial charge on any atom is -0.469 e. The Morgan fingerprint density at radius 3 is 3.00 bits per heavy atom. The van der Waals surface area contributed by atoms with Crippen molar-refractivity contribution < 1.29 is 14.3 Å². The van der Waals surface area contributed by atoms with Crippen molar-refractivity contribution in [3.63, 3.8) is 0 Å². The number of para-hydroxylation sites is 1. The van der Waals surface area contributed by atoms with Crippen LogP contribution in [0.4, 0.5) is 4.79 Å². The van der Waals surface area contributed by atoms with E-state index in [-0.39, 0.29) is 24.5 Å². The molecule has 1 N–H and O–H groups in total. The van der Waals surface area contributed by atoms with Crippen LogP contribution >= 0.6 is 0 Å². The van der Waals surface area contributed by atoms with Gasteiger partial charge in [0.1, 0.15) is 0 Å². The molecule has 3 heterocycles. The van der Waals surface area contributed by atoms with Gasteiger partial charge in [0, 0.05) is 35.3 Å². The van der Waals surface area contributed by atoms with E-state index in [0.29, 0.717) is 13.1 Å². The first kappa shape index (κ1) is 14.8. The fraction of sp³-hybridized carbons (Fsp3) is 0.333. The second kappa shape index (κ2) is 5.40. The summed E-state index contributed by atoms with van der Waals surface area (Å²) < 4.78 is 4.66. The Hall–Kier alpha value is -2.76. The molecule has 0 bridgehead atoms. The summed E-state index contributed by atoms with van der Waals surface area (Å²) in [7, 11) is 1.35. The molecule has 0 saturated carbocycles. The number of benzene rings is 1. The maximum atomic E-state index is 12.7. The zero-order chi connectivity index (χ0) is 16.8. The minimum atomic E-state index is -0.323. The molecule has 1 unspecified atom stereocenters. The molecule has 24 heavy (non-hydrogen) atoms. The first-order valence-corrected chi connectivity index (χ1v) is 8.02. The third kappa shape index (κ3) is 2.10. The smallest absolute Gasteiger partial charge is 0.325 e. The summed E-state index contributed by atoms with van der Waals surface area (Å²) in [6, 6.07) is 8.07. The molecule has 1 saturated heterocycles. The van der Waals surface area contributed by atoms with E-state index in [1.165, 1.54) is 18.1 Å². The van der Waals surface area contributed by atoms with Crippen LogP contribution in [0.5, 0.6) is 0 Å². The number of aromatic nitrogens is 1. The van der Waals surface area contributed by atoms with E-state index in [9.17, 15) is 9.59 Å². The Kier molecular flexibility index (Phi) is 3.33. The van der Waals surface area contributed by atoms with Crippen LogP contribution in [0.2, 0.25) is 0 Å². The third-order valence-electron chi connectivity index (χ3n) is 4.98. The largest absolute Gasteiger partial charge is 0.469 e. The van der Waals surface area contributed by atoms with Crippen LogP contribution in [0.15, 0.2) is 36.5 Å². The molecular formula is C18H19N3O3. The Morgan fingerprint density at radius 1 is 1.42 bits per heavy atom. The Balaban J connectivity index is 1.61. The first-order chi connectivity index (χ1) is 11.6. The highest BCUT2D eigenvalue weighted by Crippen LogP contribution is 2.37. The first-order valence-electron chi connectivity index (χ1n) is 8.02. The molecule has 2 aromatic rings. The number of amides is 2. The maximum absolute atomic E-state index is 12.7. The molecule has 1 fully saturated rings. The predicted molar refractivity (Wildman–Crippen MR) is 89.2 cm³/mol. The lowest BCUT2D eigenvalue weighted by molar-refractivity contribution is -0.140. The van der Waals surface area contributed by atoms with Gasteiger partial charge in [-0.2, -0.15) is 0 Å². The lowest BCUT2D eigenvalue weighted by Gasteiger charge is -2.28. The molecule has 4 rings (SSSR count). The number of nitrogens with one attached hydrogen (secondary N) is 1. The van der Waals surface area contributed by atoms with Gasteiger partial charge < -0.3 is 14.6 Å². The van der Waals surface area contributed by atoms with E-state index in [0.717, 1.165) is 23.3 Å². The van der Waals surface area contributed by atoms with Crippen LogP contribution in [0.25, 0.3) is 10.9 Å². The Morgan fingerprint density at radius 2 is 2.21 bits per heavy atom. The number of ether oxygens (including phenoxy) is 1. The van der Waals surface area contributed by atoms with Gasteiger partial charge in [0.2, 0.25) is 0 Å². The van der Waals surface area contributed by atoms with Crippen molar-refractivity contribution in [3.8, 4) is 0 Å². The lowest BCUT2D eigenvalue weighted by atomic mass is 9.96. The SMILES string of the molecule is C=C1C2Cc3c([nH]c4ccccc34)CN2C(=O)N1CCC(=O)OC. The second-order valence-electron chi connectivity index (χ2n) is 6.23. The highest BCUT2D eigenvalue weighted by Gasteiger charge is 2.44. The molecule has 0 radical (unpaired) electrons. The molecule has 124 valence electrons. The molecule has 0 aliphatic carbocycles. The van der Waals surface area contributed by atoms with Crippen LogP contribution in [-0.2, 0) is 22.5 Å². The summed E-state index contributed by atoms with van der Waals surface area (Å²) in [6.07, 6.45) is 0.925. The molecule has 6 heteroatoms. The van der Waals surface area contributed by atoms with Gasteiger partial charge in [-0.05, 0) is 11.6 Å². The highest BCUT2D eigenvalue weighted by molar-refractivity contribution is 5.87. The quantitative estimate of drug-likeness (QED) is 0.881. The number of esters is 1. The third-order valence-corrected chi connectivity index (χ3v) is 4.98. The molecule has 2 amide bonds. The molecule has 6 nitrogen and oxygen atoms in total. The van der Waals surface area contributed by atoms with Gasteiger partial charge in [-0.1, -0.05) is 24.8 Å². The summed E-state index contributed by atoms with van der Waals surface area (Å²) in [5.74, 6) is -0.323. The normalized spacial score (nSPS) is 19.6. The number of fused-ring (bicyclic) bond motifs is 4. The molecule has 1 atom stereocenters. The van der Waals surface area contributed by atoms with Crippen LogP contribution < -0.4 is 0 Å². The summed E-state index contributed by atoms with van der Waals surface area (Å²) >= 11 is 0. The number of methoxy groups -OCH3 is 1. The van der Waals surface area contributed by atoms with Crippen molar-refractivity contribution in [2.75, 3.05) is 13.7 Å². The topological polar surface area (TPSA) is 65.6 Å². The number of hydrogen-bond acceptors (Lipinski definition) is 3. The molecule has 1 aromatic heterocycles. The zero-order valence-electron chi connectivity index (χ0n) is 13.5. The number of rotatable bonds is 3. The highest BCUT2D eigenvalue weighted by atomic mass is 16.5. The van der Waals surface area contributed by atoms with Gasteiger partial charge in [-0.25, -0.2) is 4.79 Å². The fourth-order valence-corrected chi connectivity index (χ4v) is 3.71. The van der Waals surface area contributed by atoms with Gasteiger partial charge in [0.15, 0.2) is 0 Å². The fourth-order valence-electron chi connectivity index (χ4n) is 3.71. The molecule has 2 aliphatic rings. The van der Waals surface area contributed by atoms with Crippen LogP contribution in [0, 0.1) is 0 Å². The van der Waals surface area contributed by atoms with Gasteiger partial charge in [0.05, 0.1) is 26.1 Å². The van der Waals surface area contributed by atoms with Crippen LogP contribution in [-0.4, -0.2) is 46.5 Å². The second-order valence-corrected chi connectivity index (χ2v) is 6.23. The standard InChI is InChI=1S/C18H19N3O3/c1-11-16-9-13-12-5-3-4-6-14(12)19-15(13)10-21(16)18(23)20(11)8-7-17(22)24-2/h3-6,16,19H,1,7-10H2,2H3. The van der Waals surface area contributed by atoms with E-state index in [2.05, 4.69) is 28.4 Å². The molecular weight excluding hydrogens is 306 g/mol. The van der Waals surface area contributed by atoms with Crippen molar-refractivity contribution in [2.24, 2.45) is 0 Å². The number of carbonyl (C=O) groups is 2. The maximum Gasteiger partial charge on any atom is 0.325 e. The van der Waals surface area contributed by atoms with Crippen molar-refractivity contribution in [1.29, 1.82) is 0 Å².